The van der Waals surface area contributed by atoms with Gasteiger partial charge in [-0.05, 0) is 38.5 Å². The van der Waals surface area contributed by atoms with Crippen LogP contribution in [-0.4, -0.2) is 15.9 Å². The zero-order chi connectivity index (χ0) is 13.8. The number of hydrogen-bond acceptors (Lipinski definition) is 3. The van der Waals surface area contributed by atoms with Crippen LogP contribution in [0, 0.1) is 22.7 Å². The average Bonchev–Trinajstić information content (AvgIpc) is 2.48. The van der Waals surface area contributed by atoms with Crippen molar-refractivity contribution in [3.63, 3.8) is 0 Å². The Balaban J connectivity index is 2.25. The summed E-state index contributed by atoms with van der Waals surface area (Å²) in [6.07, 6.45) is 9.41. The van der Waals surface area contributed by atoms with E-state index in [1.165, 1.54) is 4.81 Å². The SMILES string of the molecule is N#CC1(N=[N+](N)C2(C#N)CCCCC2)CCCCC1. The van der Waals surface area contributed by atoms with Crippen molar-refractivity contribution in [2.75, 3.05) is 0 Å². The van der Waals surface area contributed by atoms with Gasteiger partial charge < -0.3 is 0 Å². The highest BCUT2D eigenvalue weighted by Crippen LogP contribution is 2.34. The van der Waals surface area contributed by atoms with Crippen molar-refractivity contribution in [1.82, 2.24) is 0 Å². The molecule has 0 radical (unpaired) electrons. The van der Waals surface area contributed by atoms with Crippen LogP contribution in [0.25, 0.3) is 0 Å². The highest BCUT2D eigenvalue weighted by atomic mass is 15.5. The first-order chi connectivity index (χ1) is 9.16. The van der Waals surface area contributed by atoms with Crippen molar-refractivity contribution in [2.24, 2.45) is 11.0 Å². The maximum Gasteiger partial charge on any atom is 0.301 e. The third-order valence-electron chi connectivity index (χ3n) is 4.52. The molecule has 2 saturated carbocycles. The van der Waals surface area contributed by atoms with Gasteiger partial charge in [0.2, 0.25) is 5.54 Å². The summed E-state index contributed by atoms with van der Waals surface area (Å²) in [5.41, 5.74) is -1.39. The molecule has 0 heterocycles. The van der Waals surface area contributed by atoms with Crippen LogP contribution in [0.2, 0.25) is 0 Å². The van der Waals surface area contributed by atoms with Crippen LogP contribution in [0.4, 0.5) is 0 Å². The molecule has 2 aliphatic carbocycles. The minimum absolute atomic E-state index is 0.695. The normalized spacial score (nSPS) is 26.1. The molecule has 0 spiro atoms. The molecular weight excluding hydrogens is 238 g/mol. The second kappa shape index (κ2) is 5.57. The Bertz CT molecular complexity index is 428. The first-order valence-electron chi connectivity index (χ1n) is 7.27. The van der Waals surface area contributed by atoms with Crippen molar-refractivity contribution in [3.05, 3.63) is 0 Å². The molecule has 2 rings (SSSR count). The topological polar surface area (TPSA) is 89.0 Å². The third-order valence-corrected chi connectivity index (χ3v) is 4.52. The van der Waals surface area contributed by atoms with Gasteiger partial charge in [-0.15, -0.1) is 0 Å². The first kappa shape index (κ1) is 13.8. The number of rotatable bonds is 2. The fraction of sp³-hybridized carbons (Fsp3) is 0.857. The first-order valence-corrected chi connectivity index (χ1v) is 7.27. The summed E-state index contributed by atoms with van der Waals surface area (Å²) in [7, 11) is 0. The lowest BCUT2D eigenvalue weighted by Crippen LogP contribution is -2.48. The van der Waals surface area contributed by atoms with Gasteiger partial charge in [-0.25, -0.2) is 0 Å². The number of hydrazine groups is 1. The Morgan fingerprint density at radius 2 is 1.37 bits per heavy atom. The maximum absolute atomic E-state index is 9.48. The Hall–Kier alpha value is -1.62. The number of hydrogen-bond donors (Lipinski definition) is 1. The zero-order valence-electron chi connectivity index (χ0n) is 11.4. The Morgan fingerprint density at radius 1 is 0.842 bits per heavy atom. The summed E-state index contributed by atoms with van der Waals surface area (Å²) < 4.78 is 0. The van der Waals surface area contributed by atoms with Crippen LogP contribution in [0.15, 0.2) is 5.11 Å². The molecule has 0 unspecified atom stereocenters. The summed E-state index contributed by atoms with van der Waals surface area (Å²) >= 11 is 0. The van der Waals surface area contributed by atoms with Crippen LogP contribution >= 0.6 is 0 Å². The molecule has 0 atom stereocenters. The monoisotopic (exact) mass is 260 g/mol. The Labute approximate surface area is 114 Å². The lowest BCUT2D eigenvalue weighted by molar-refractivity contribution is -0.672. The van der Waals surface area contributed by atoms with Crippen molar-refractivity contribution < 1.29 is 4.81 Å². The Kier molecular flexibility index (Phi) is 4.04. The quantitative estimate of drug-likeness (QED) is 0.358. The molecule has 0 saturated heterocycles. The van der Waals surface area contributed by atoms with E-state index in [4.69, 9.17) is 5.84 Å². The predicted molar refractivity (Wildman–Crippen MR) is 69.7 cm³/mol. The van der Waals surface area contributed by atoms with E-state index in [-0.39, 0.29) is 0 Å². The van der Waals surface area contributed by atoms with Crippen LogP contribution in [0.1, 0.15) is 64.2 Å². The van der Waals surface area contributed by atoms with Crippen molar-refractivity contribution in [1.29, 1.82) is 10.5 Å². The standard InChI is InChI=1S/C14H22N5/c15-11-13(7-3-1-4-8-13)18-19(17)14(12-16)9-5-2-6-10-14/h1-10H2,(H2,17,18)/q+1. The zero-order valence-corrected chi connectivity index (χ0v) is 11.4. The molecule has 5 heteroatoms. The Morgan fingerprint density at radius 3 is 1.84 bits per heavy atom. The van der Waals surface area contributed by atoms with E-state index in [1.54, 1.807) is 0 Å². The molecule has 0 amide bonds. The number of nitrogens with two attached hydrogens (primary N) is 1. The minimum Gasteiger partial charge on any atom is -0.195 e. The largest absolute Gasteiger partial charge is 0.301 e. The van der Waals surface area contributed by atoms with Gasteiger partial charge in [-0.1, -0.05) is 12.8 Å². The molecule has 0 aliphatic heterocycles. The highest BCUT2D eigenvalue weighted by molar-refractivity contribution is 5.08. The second-order valence-corrected chi connectivity index (χ2v) is 5.85. The van der Waals surface area contributed by atoms with Gasteiger partial charge in [0.05, 0.1) is 6.07 Å². The van der Waals surface area contributed by atoms with Crippen LogP contribution < -0.4 is 5.84 Å². The van der Waals surface area contributed by atoms with Gasteiger partial charge in [0, 0.05) is 22.8 Å². The fourth-order valence-corrected chi connectivity index (χ4v) is 3.20. The van der Waals surface area contributed by atoms with Gasteiger partial charge in [0.15, 0.2) is 0 Å². The van der Waals surface area contributed by atoms with E-state index in [9.17, 15) is 10.5 Å². The van der Waals surface area contributed by atoms with Gasteiger partial charge in [-0.2, -0.15) is 16.4 Å². The van der Waals surface area contributed by atoms with E-state index in [0.717, 1.165) is 64.2 Å². The molecule has 2 fully saturated rings. The molecule has 0 aromatic rings. The molecule has 0 aromatic carbocycles. The number of azo groups is 1. The minimum atomic E-state index is -0.700. The summed E-state index contributed by atoms with van der Waals surface area (Å²) in [6.45, 7) is 0. The summed E-state index contributed by atoms with van der Waals surface area (Å²) in [5.74, 6) is 6.08. The molecule has 5 nitrogen and oxygen atoms in total. The fourth-order valence-electron chi connectivity index (χ4n) is 3.20. The lowest BCUT2D eigenvalue weighted by atomic mass is 9.82. The van der Waals surface area contributed by atoms with Crippen molar-refractivity contribution >= 4 is 0 Å². The van der Waals surface area contributed by atoms with Crippen molar-refractivity contribution in [3.8, 4) is 12.1 Å². The molecule has 2 N–H and O–H groups in total. The third kappa shape index (κ3) is 2.71. The van der Waals surface area contributed by atoms with Crippen molar-refractivity contribution in [2.45, 2.75) is 75.3 Å². The van der Waals surface area contributed by atoms with Gasteiger partial charge in [-0.3, -0.25) is 0 Å². The second-order valence-electron chi connectivity index (χ2n) is 5.85. The van der Waals surface area contributed by atoms with Gasteiger partial charge in [0.1, 0.15) is 6.07 Å². The smallest absolute Gasteiger partial charge is 0.195 e. The highest BCUT2D eigenvalue weighted by Gasteiger charge is 2.47. The number of nitrogens with zero attached hydrogens (tertiary/aromatic N) is 4. The summed E-state index contributed by atoms with van der Waals surface area (Å²) in [4.78, 5) is 1.33. The predicted octanol–water partition coefficient (Wildman–Crippen LogP) is 2.78. The average molecular weight is 260 g/mol. The van der Waals surface area contributed by atoms with Gasteiger partial charge >= 0.3 is 5.54 Å². The van der Waals surface area contributed by atoms with E-state index in [1.807, 2.05) is 0 Å². The van der Waals surface area contributed by atoms with E-state index in [0.29, 0.717) is 0 Å². The molecule has 0 aromatic heterocycles. The molecule has 0 bridgehead atoms. The van der Waals surface area contributed by atoms with Crippen LogP contribution in [0.5, 0.6) is 0 Å². The van der Waals surface area contributed by atoms with Crippen LogP contribution in [-0.2, 0) is 0 Å². The number of nitriles is 2. The molecular formula is C14H22N5+. The summed E-state index contributed by atoms with van der Waals surface area (Å²) in [5, 5.41) is 23.4. The summed E-state index contributed by atoms with van der Waals surface area (Å²) in [6, 6.07) is 4.68. The van der Waals surface area contributed by atoms with Gasteiger partial charge in [0.25, 0.3) is 0 Å². The van der Waals surface area contributed by atoms with E-state index in [2.05, 4.69) is 17.3 Å². The maximum atomic E-state index is 9.48. The molecule has 19 heavy (non-hydrogen) atoms. The van der Waals surface area contributed by atoms with Crippen LogP contribution in [0.3, 0.4) is 0 Å². The lowest BCUT2D eigenvalue weighted by Gasteiger charge is -2.27. The van der Waals surface area contributed by atoms with E-state index < -0.39 is 11.1 Å². The van der Waals surface area contributed by atoms with E-state index >= 15 is 0 Å². The molecule has 102 valence electrons. The molecule has 2 aliphatic rings.